The Morgan fingerprint density at radius 3 is 2.28 bits per heavy atom. The zero-order valence-electron chi connectivity index (χ0n) is 24.5. The standard InChI is InChI=1S/C33H40N4O5S/c38-32(36-17-19-37(20-18-36)33(39)42-21-16-24-6-1-2-7-24)26-12-14-29(15-13-26)35-43(40,41)30-11-5-10-27-22-28(23-34-31(27)30)25-8-3-4-9-25/h5,10-15,22-25,35H,1-4,6-9,16-21H2. The molecule has 3 fully saturated rings. The number of piperazine rings is 1. The van der Waals surface area contributed by atoms with Crippen LogP contribution in [0.15, 0.2) is 59.6 Å². The normalized spacial score (nSPS) is 18.3. The molecule has 228 valence electrons. The van der Waals surface area contributed by atoms with Gasteiger partial charge in [0.1, 0.15) is 4.90 Å². The predicted molar refractivity (Wildman–Crippen MR) is 166 cm³/mol. The third-order valence-corrected chi connectivity index (χ3v) is 10.7. The average Bonchev–Trinajstić information content (AvgIpc) is 3.76. The predicted octanol–water partition coefficient (Wildman–Crippen LogP) is 6.17. The lowest BCUT2D eigenvalue weighted by atomic mass is 9.98. The van der Waals surface area contributed by atoms with E-state index in [9.17, 15) is 18.0 Å². The molecule has 3 aliphatic rings. The number of sulfonamides is 1. The molecule has 10 heteroatoms. The van der Waals surface area contributed by atoms with Crippen molar-refractivity contribution in [1.29, 1.82) is 0 Å². The number of carbonyl (C=O) groups excluding carboxylic acids is 2. The fourth-order valence-electron chi connectivity index (χ4n) is 6.72. The van der Waals surface area contributed by atoms with Gasteiger partial charge in [0, 0.05) is 49.0 Å². The molecule has 2 aliphatic carbocycles. The molecule has 9 nitrogen and oxygen atoms in total. The Morgan fingerprint density at radius 2 is 1.56 bits per heavy atom. The molecular formula is C33H40N4O5S. The molecule has 0 atom stereocenters. The lowest BCUT2D eigenvalue weighted by Crippen LogP contribution is -2.50. The van der Waals surface area contributed by atoms with E-state index in [0.717, 1.165) is 24.6 Å². The molecular weight excluding hydrogens is 564 g/mol. The fraction of sp³-hybridized carbons (Fsp3) is 0.485. The zero-order valence-corrected chi connectivity index (χ0v) is 25.4. The van der Waals surface area contributed by atoms with Crippen molar-refractivity contribution in [3.05, 3.63) is 65.9 Å². The van der Waals surface area contributed by atoms with Gasteiger partial charge in [0.05, 0.1) is 12.1 Å². The third-order valence-electron chi connectivity index (χ3n) is 9.25. The van der Waals surface area contributed by atoms with E-state index < -0.39 is 10.0 Å². The smallest absolute Gasteiger partial charge is 0.409 e. The summed E-state index contributed by atoms with van der Waals surface area (Å²) in [4.78, 5) is 33.6. The van der Waals surface area contributed by atoms with Crippen LogP contribution in [0.1, 0.15) is 79.6 Å². The van der Waals surface area contributed by atoms with Crippen molar-refractivity contribution in [1.82, 2.24) is 14.8 Å². The van der Waals surface area contributed by atoms with Gasteiger partial charge in [-0.1, -0.05) is 50.7 Å². The number of carbonyl (C=O) groups is 2. The van der Waals surface area contributed by atoms with E-state index in [-0.39, 0.29) is 16.9 Å². The van der Waals surface area contributed by atoms with Gasteiger partial charge in [0.15, 0.2) is 0 Å². The first-order valence-corrected chi connectivity index (χ1v) is 17.1. The number of fused-ring (bicyclic) bond motifs is 1. The molecule has 2 saturated carbocycles. The van der Waals surface area contributed by atoms with E-state index in [2.05, 4.69) is 15.8 Å². The Balaban J connectivity index is 1.04. The Morgan fingerprint density at radius 1 is 0.884 bits per heavy atom. The van der Waals surface area contributed by atoms with Crippen molar-refractivity contribution in [2.45, 2.75) is 68.6 Å². The van der Waals surface area contributed by atoms with E-state index in [1.165, 1.54) is 44.1 Å². The van der Waals surface area contributed by atoms with Crippen LogP contribution in [0.3, 0.4) is 0 Å². The summed E-state index contributed by atoms with van der Waals surface area (Å²) in [5.41, 5.74) is 2.44. The number of ether oxygens (including phenoxy) is 1. The molecule has 0 unspecified atom stereocenters. The Kier molecular flexibility index (Phi) is 8.83. The van der Waals surface area contributed by atoms with Crippen LogP contribution < -0.4 is 4.72 Å². The number of benzene rings is 2. The summed E-state index contributed by atoms with van der Waals surface area (Å²) in [6.07, 6.45) is 12.2. The molecule has 0 radical (unpaired) electrons. The molecule has 2 amide bonds. The summed E-state index contributed by atoms with van der Waals surface area (Å²) < 4.78 is 34.9. The van der Waals surface area contributed by atoms with Crippen LogP contribution >= 0.6 is 0 Å². The maximum absolute atomic E-state index is 13.4. The highest BCUT2D eigenvalue weighted by Crippen LogP contribution is 2.35. The summed E-state index contributed by atoms with van der Waals surface area (Å²) >= 11 is 0. The SMILES string of the molecule is O=C(OCCC1CCCC1)N1CCN(C(=O)c2ccc(NS(=O)(=O)c3cccc4cc(C5CCCC5)cnc34)cc2)CC1. The number of nitrogens with one attached hydrogen (secondary N) is 1. The zero-order chi connectivity index (χ0) is 29.8. The lowest BCUT2D eigenvalue weighted by Gasteiger charge is -2.34. The fourth-order valence-corrected chi connectivity index (χ4v) is 7.96. The van der Waals surface area contributed by atoms with Crippen LogP contribution in [0.5, 0.6) is 0 Å². The number of anilines is 1. The summed E-state index contributed by atoms with van der Waals surface area (Å²) in [5.74, 6) is 1.02. The highest BCUT2D eigenvalue weighted by molar-refractivity contribution is 7.93. The number of para-hydroxylation sites is 1. The van der Waals surface area contributed by atoms with E-state index >= 15 is 0 Å². The second-order valence-corrected chi connectivity index (χ2v) is 13.7. The molecule has 1 aromatic heterocycles. The number of amides is 2. The second-order valence-electron chi connectivity index (χ2n) is 12.1. The number of hydrogen-bond acceptors (Lipinski definition) is 6. The van der Waals surface area contributed by atoms with E-state index in [4.69, 9.17) is 4.74 Å². The van der Waals surface area contributed by atoms with Crippen molar-refractivity contribution in [3.63, 3.8) is 0 Å². The molecule has 0 bridgehead atoms. The van der Waals surface area contributed by atoms with Crippen LogP contribution in [-0.4, -0.2) is 68.0 Å². The maximum Gasteiger partial charge on any atom is 0.409 e. The van der Waals surface area contributed by atoms with Crippen molar-refractivity contribution in [2.24, 2.45) is 5.92 Å². The summed E-state index contributed by atoms with van der Waals surface area (Å²) in [6, 6.07) is 13.7. The Hall–Kier alpha value is -3.66. The first kappa shape index (κ1) is 29.4. The number of nitrogens with zero attached hydrogens (tertiary/aromatic N) is 3. The van der Waals surface area contributed by atoms with Gasteiger partial charge >= 0.3 is 6.09 Å². The number of hydrogen-bond donors (Lipinski definition) is 1. The van der Waals surface area contributed by atoms with Crippen molar-refractivity contribution >= 4 is 38.6 Å². The van der Waals surface area contributed by atoms with E-state index in [1.54, 1.807) is 46.2 Å². The van der Waals surface area contributed by atoms with Gasteiger partial charge in [-0.25, -0.2) is 13.2 Å². The minimum absolute atomic E-state index is 0.123. The quantitative estimate of drug-likeness (QED) is 0.330. The van der Waals surface area contributed by atoms with Gasteiger partial charge < -0.3 is 14.5 Å². The second kappa shape index (κ2) is 12.9. The largest absolute Gasteiger partial charge is 0.449 e. The minimum atomic E-state index is -3.91. The third kappa shape index (κ3) is 6.79. The maximum atomic E-state index is 13.4. The summed E-state index contributed by atoms with van der Waals surface area (Å²) in [5, 5.41) is 0.811. The van der Waals surface area contributed by atoms with Gasteiger partial charge in [-0.3, -0.25) is 14.5 Å². The first-order chi connectivity index (χ1) is 20.9. The molecule has 43 heavy (non-hydrogen) atoms. The van der Waals surface area contributed by atoms with Gasteiger partial charge in [0.25, 0.3) is 15.9 Å². The molecule has 1 aliphatic heterocycles. The van der Waals surface area contributed by atoms with Crippen LogP contribution in [0.2, 0.25) is 0 Å². The van der Waals surface area contributed by atoms with Crippen LogP contribution in [0.4, 0.5) is 10.5 Å². The van der Waals surface area contributed by atoms with Crippen molar-refractivity contribution in [3.8, 4) is 0 Å². The number of aromatic nitrogens is 1. The summed E-state index contributed by atoms with van der Waals surface area (Å²) in [7, 11) is -3.91. The highest BCUT2D eigenvalue weighted by atomic mass is 32.2. The lowest BCUT2D eigenvalue weighted by molar-refractivity contribution is 0.0549. The Bertz CT molecular complexity index is 1560. The van der Waals surface area contributed by atoms with Crippen LogP contribution in [-0.2, 0) is 14.8 Å². The first-order valence-electron chi connectivity index (χ1n) is 15.6. The highest BCUT2D eigenvalue weighted by Gasteiger charge is 2.27. The van der Waals surface area contributed by atoms with Crippen molar-refractivity contribution in [2.75, 3.05) is 37.5 Å². The van der Waals surface area contributed by atoms with Gasteiger partial charge in [0.2, 0.25) is 0 Å². The van der Waals surface area contributed by atoms with Crippen LogP contribution in [0.25, 0.3) is 10.9 Å². The molecule has 2 heterocycles. The summed E-state index contributed by atoms with van der Waals surface area (Å²) in [6.45, 7) is 2.14. The number of rotatable bonds is 8. The van der Waals surface area contributed by atoms with Crippen molar-refractivity contribution < 1.29 is 22.7 Å². The van der Waals surface area contributed by atoms with Gasteiger partial charge in [-0.2, -0.15) is 0 Å². The number of pyridine rings is 1. The van der Waals surface area contributed by atoms with E-state index in [1.807, 2.05) is 12.3 Å². The molecule has 0 spiro atoms. The average molecular weight is 605 g/mol. The minimum Gasteiger partial charge on any atom is -0.449 e. The molecule has 6 rings (SSSR count). The van der Waals surface area contributed by atoms with Gasteiger partial charge in [-0.15, -0.1) is 0 Å². The Labute approximate surface area is 253 Å². The van der Waals surface area contributed by atoms with E-state index in [0.29, 0.717) is 61.4 Å². The molecule has 1 saturated heterocycles. The topological polar surface area (TPSA) is 109 Å². The monoisotopic (exact) mass is 604 g/mol. The van der Waals surface area contributed by atoms with Gasteiger partial charge in [-0.05, 0) is 73.1 Å². The molecule has 2 aromatic carbocycles. The molecule has 3 aromatic rings. The van der Waals surface area contributed by atoms with Crippen LogP contribution in [0, 0.1) is 5.92 Å². The molecule has 1 N–H and O–H groups in total.